The van der Waals surface area contributed by atoms with Gasteiger partial charge in [0.25, 0.3) is 0 Å². The Balaban J connectivity index is 2.04. The van der Waals surface area contributed by atoms with E-state index in [0.717, 1.165) is 12.8 Å². The molecule has 2 aliphatic heterocycles. The second-order valence-corrected chi connectivity index (χ2v) is 11.8. The Hall–Kier alpha value is -1.74. The Morgan fingerprint density at radius 3 is 2.58 bits per heavy atom. The predicted octanol–water partition coefficient (Wildman–Crippen LogP) is 4.10. The molecule has 2 heterocycles. The van der Waals surface area contributed by atoms with Crippen molar-refractivity contribution in [3.63, 3.8) is 0 Å². The summed E-state index contributed by atoms with van der Waals surface area (Å²) < 4.78 is 17.0. The van der Waals surface area contributed by atoms with E-state index >= 15 is 0 Å². The van der Waals surface area contributed by atoms with E-state index in [4.69, 9.17) is 14.2 Å². The van der Waals surface area contributed by atoms with Crippen molar-refractivity contribution in [2.24, 2.45) is 23.7 Å². The van der Waals surface area contributed by atoms with Crippen molar-refractivity contribution >= 4 is 11.9 Å². The number of hydrogen-bond acceptors (Lipinski definition) is 8. The molecule has 1 fully saturated rings. The smallest absolute Gasteiger partial charge is 0.308 e. The number of cyclic esters (lactones) is 1. The van der Waals surface area contributed by atoms with Crippen LogP contribution in [-0.2, 0) is 23.8 Å². The number of aliphatic hydroxyl groups is 3. The van der Waals surface area contributed by atoms with E-state index in [2.05, 4.69) is 19.1 Å². The fourth-order valence-electron chi connectivity index (χ4n) is 5.28. The van der Waals surface area contributed by atoms with Gasteiger partial charge in [0.1, 0.15) is 17.8 Å². The van der Waals surface area contributed by atoms with Gasteiger partial charge in [-0.3, -0.25) is 9.59 Å². The molecule has 0 spiro atoms. The molecule has 8 heteroatoms. The summed E-state index contributed by atoms with van der Waals surface area (Å²) >= 11 is 0. The molecule has 0 aliphatic carbocycles. The third kappa shape index (κ3) is 10.1. The van der Waals surface area contributed by atoms with Gasteiger partial charge in [-0.25, -0.2) is 0 Å². The summed E-state index contributed by atoms with van der Waals surface area (Å²) in [4.78, 5) is 24.3. The molecule has 1 saturated heterocycles. The molecule has 0 aromatic rings. The van der Waals surface area contributed by atoms with Gasteiger partial charge in [-0.05, 0) is 56.9 Å². The van der Waals surface area contributed by atoms with E-state index in [0.29, 0.717) is 12.3 Å². The van der Waals surface area contributed by atoms with Crippen molar-refractivity contribution in [1.29, 1.82) is 0 Å². The minimum atomic E-state index is -1.39. The molecule has 0 saturated carbocycles. The number of allylic oxidation sites excluding steroid dienone is 2. The van der Waals surface area contributed by atoms with Crippen molar-refractivity contribution in [2.75, 3.05) is 0 Å². The summed E-state index contributed by atoms with van der Waals surface area (Å²) in [6.07, 6.45) is 7.90. The lowest BCUT2D eigenvalue weighted by atomic mass is 9.86. The molecule has 0 aromatic heterocycles. The van der Waals surface area contributed by atoms with Crippen LogP contribution in [0.3, 0.4) is 0 Å². The number of aliphatic hydroxyl groups excluding tert-OH is 2. The van der Waals surface area contributed by atoms with Crippen molar-refractivity contribution < 1.29 is 39.1 Å². The summed E-state index contributed by atoms with van der Waals surface area (Å²) in [5.41, 5.74) is -1.39. The highest BCUT2D eigenvalue weighted by molar-refractivity contribution is 5.70. The van der Waals surface area contributed by atoms with Crippen molar-refractivity contribution in [3.05, 3.63) is 24.3 Å². The van der Waals surface area contributed by atoms with Crippen molar-refractivity contribution in [1.82, 2.24) is 0 Å². The van der Waals surface area contributed by atoms with Crippen LogP contribution in [0, 0.1) is 23.7 Å². The number of esters is 2. The largest absolute Gasteiger partial charge is 0.461 e. The highest BCUT2D eigenvalue weighted by Crippen LogP contribution is 2.36. The van der Waals surface area contributed by atoms with Crippen LogP contribution in [0.15, 0.2) is 24.3 Å². The van der Waals surface area contributed by atoms with Crippen molar-refractivity contribution in [2.45, 2.75) is 129 Å². The molecular formula is C30H50O8. The number of hydrogen-bond donors (Lipinski definition) is 3. The molecule has 3 N–H and O–H groups in total. The summed E-state index contributed by atoms with van der Waals surface area (Å²) in [6.45, 7) is 13.0. The second-order valence-electron chi connectivity index (χ2n) is 11.8. The summed E-state index contributed by atoms with van der Waals surface area (Å²) in [6, 6.07) is 0. The highest BCUT2D eigenvalue weighted by Gasteiger charge is 2.45. The molecule has 0 aromatic carbocycles. The first-order valence-electron chi connectivity index (χ1n) is 14.2. The van der Waals surface area contributed by atoms with Crippen LogP contribution in [-0.4, -0.2) is 69.5 Å². The SMILES string of the molecule is CCC(O)C(C)C1OC1CC(C)/C=C/CC(C)C1OC(=O)CC(O)CCC(C)(O)C(OC(C)=O)/C=C/C1C. The zero-order valence-electron chi connectivity index (χ0n) is 24.2. The quantitative estimate of drug-likeness (QED) is 0.216. The fraction of sp³-hybridized carbons (Fsp3) is 0.800. The summed E-state index contributed by atoms with van der Waals surface area (Å²) in [7, 11) is 0. The second kappa shape index (κ2) is 14.6. The van der Waals surface area contributed by atoms with Gasteiger partial charge < -0.3 is 29.5 Å². The summed E-state index contributed by atoms with van der Waals surface area (Å²) in [5.74, 6) is -0.758. The van der Waals surface area contributed by atoms with E-state index in [1.165, 1.54) is 6.92 Å². The first kappa shape index (κ1) is 32.5. The van der Waals surface area contributed by atoms with Crippen LogP contribution in [0.4, 0.5) is 0 Å². The monoisotopic (exact) mass is 538 g/mol. The van der Waals surface area contributed by atoms with Gasteiger partial charge in [-0.2, -0.15) is 0 Å². The van der Waals surface area contributed by atoms with Crippen LogP contribution < -0.4 is 0 Å². The van der Waals surface area contributed by atoms with E-state index in [1.54, 1.807) is 13.0 Å². The van der Waals surface area contributed by atoms with Gasteiger partial charge in [0.05, 0.1) is 30.8 Å². The number of carbonyl (C=O) groups is 2. The summed E-state index contributed by atoms with van der Waals surface area (Å²) in [5, 5.41) is 31.4. The van der Waals surface area contributed by atoms with Gasteiger partial charge in [-0.15, -0.1) is 0 Å². The number of rotatable bonds is 10. The highest BCUT2D eigenvalue weighted by atomic mass is 16.6. The van der Waals surface area contributed by atoms with Gasteiger partial charge in [0.15, 0.2) is 0 Å². The van der Waals surface area contributed by atoms with E-state index in [9.17, 15) is 24.9 Å². The maximum absolute atomic E-state index is 12.6. The zero-order valence-corrected chi connectivity index (χ0v) is 24.2. The van der Waals surface area contributed by atoms with Crippen molar-refractivity contribution in [3.8, 4) is 0 Å². The average molecular weight is 539 g/mol. The molecule has 218 valence electrons. The Labute approximate surface area is 228 Å². The van der Waals surface area contributed by atoms with Crippen LogP contribution in [0.1, 0.15) is 87.0 Å². The lowest BCUT2D eigenvalue weighted by Gasteiger charge is -2.33. The first-order chi connectivity index (χ1) is 17.7. The van der Waals surface area contributed by atoms with Crippen LogP contribution >= 0.6 is 0 Å². The molecule has 8 nitrogen and oxygen atoms in total. The Morgan fingerprint density at radius 1 is 1.26 bits per heavy atom. The van der Waals surface area contributed by atoms with Crippen LogP contribution in [0.5, 0.6) is 0 Å². The van der Waals surface area contributed by atoms with Crippen LogP contribution in [0.25, 0.3) is 0 Å². The lowest BCUT2D eigenvalue weighted by Crippen LogP contribution is -2.42. The minimum Gasteiger partial charge on any atom is -0.461 e. The van der Waals surface area contributed by atoms with E-state index < -0.39 is 35.9 Å². The maximum Gasteiger partial charge on any atom is 0.308 e. The van der Waals surface area contributed by atoms with E-state index in [1.807, 2.05) is 33.8 Å². The first-order valence-corrected chi connectivity index (χ1v) is 14.2. The van der Waals surface area contributed by atoms with E-state index in [-0.39, 0.29) is 55.3 Å². The number of carbonyl (C=O) groups excluding carboxylic acids is 2. The van der Waals surface area contributed by atoms with Crippen LogP contribution in [0.2, 0.25) is 0 Å². The topological polar surface area (TPSA) is 126 Å². The van der Waals surface area contributed by atoms with Gasteiger partial charge >= 0.3 is 11.9 Å². The molecule has 0 radical (unpaired) electrons. The Bertz CT molecular complexity index is 821. The predicted molar refractivity (Wildman–Crippen MR) is 145 cm³/mol. The standard InChI is InChI=1S/C30H50O8/c1-8-24(33)21(5)29-25(37-29)16-18(2)10-9-11-19(3)28-20(4)12-13-26(36-22(6)31)30(7,35)15-14-23(32)17-27(34)38-28/h9-10,12-13,18-21,23-26,28-29,32-33,35H,8,11,14-17H2,1-7H3/b10-9+,13-12+. The number of epoxide rings is 1. The Morgan fingerprint density at radius 2 is 1.95 bits per heavy atom. The van der Waals surface area contributed by atoms with Gasteiger partial charge in [0.2, 0.25) is 0 Å². The minimum absolute atomic E-state index is 0.0144. The molecule has 11 atom stereocenters. The normalized spacial score (nSPS) is 36.7. The molecule has 2 rings (SSSR count). The molecule has 11 unspecified atom stereocenters. The Kier molecular flexibility index (Phi) is 12.5. The molecule has 38 heavy (non-hydrogen) atoms. The maximum atomic E-state index is 12.6. The lowest BCUT2D eigenvalue weighted by molar-refractivity contribution is -0.158. The van der Waals surface area contributed by atoms with Gasteiger partial charge in [0, 0.05) is 18.8 Å². The van der Waals surface area contributed by atoms with Gasteiger partial charge in [-0.1, -0.05) is 52.8 Å². The molecule has 0 amide bonds. The zero-order chi connectivity index (χ0) is 28.6. The molecular weight excluding hydrogens is 488 g/mol. The molecule has 0 bridgehead atoms. The fourth-order valence-corrected chi connectivity index (χ4v) is 5.28. The third-order valence-electron chi connectivity index (χ3n) is 7.97. The number of ether oxygens (including phenoxy) is 3. The average Bonchev–Trinajstić information content (AvgIpc) is 3.60. The third-order valence-corrected chi connectivity index (χ3v) is 7.97. The molecule has 2 aliphatic rings.